The summed E-state index contributed by atoms with van der Waals surface area (Å²) in [6.45, 7) is 3.90. The highest BCUT2D eigenvalue weighted by Gasteiger charge is 2.34. The first kappa shape index (κ1) is 23.5. The van der Waals surface area contributed by atoms with Gasteiger partial charge in [-0.05, 0) is 42.2 Å². The quantitative estimate of drug-likeness (QED) is 0.543. The number of piperazine rings is 1. The molecule has 1 aliphatic rings. The van der Waals surface area contributed by atoms with E-state index in [1.807, 2.05) is 89.5 Å². The lowest BCUT2D eigenvalue weighted by atomic mass is 10.0. The summed E-state index contributed by atoms with van der Waals surface area (Å²) in [6.07, 6.45) is 0.739. The van der Waals surface area contributed by atoms with E-state index in [2.05, 4.69) is 5.32 Å². The van der Waals surface area contributed by atoms with Gasteiger partial charge in [-0.1, -0.05) is 72.8 Å². The molecule has 2 atom stereocenters. The topological polar surface area (TPSA) is 72.9 Å². The Morgan fingerprint density at radius 1 is 1.00 bits per heavy atom. The average molecular weight is 458 g/mol. The molecule has 0 aromatic heterocycles. The van der Waals surface area contributed by atoms with Crippen LogP contribution in [0.4, 0.5) is 0 Å². The Bertz CT molecular complexity index is 1090. The normalized spacial score (nSPS) is 17.1. The van der Waals surface area contributed by atoms with E-state index in [-0.39, 0.29) is 30.2 Å². The van der Waals surface area contributed by atoms with Crippen LogP contribution in [-0.2, 0) is 22.6 Å². The summed E-state index contributed by atoms with van der Waals surface area (Å²) in [7, 11) is 0. The van der Waals surface area contributed by atoms with E-state index >= 15 is 0 Å². The number of hydrogen-bond acceptors (Lipinski definition) is 4. The lowest BCUT2D eigenvalue weighted by molar-refractivity contribution is -0.142. The number of phenolic OH excluding ortho intramolecular Hbond substituents is 1. The highest BCUT2D eigenvalue weighted by Crippen LogP contribution is 2.24. The van der Waals surface area contributed by atoms with E-state index in [9.17, 15) is 14.7 Å². The maximum Gasteiger partial charge on any atom is 0.247 e. The molecule has 0 spiro atoms. The van der Waals surface area contributed by atoms with Crippen LogP contribution >= 0.6 is 0 Å². The number of benzene rings is 3. The summed E-state index contributed by atoms with van der Waals surface area (Å²) in [5.74, 6) is 0.0167. The van der Waals surface area contributed by atoms with Crippen molar-refractivity contribution >= 4 is 11.8 Å². The fraction of sp³-hybridized carbons (Fsp3) is 0.286. The van der Waals surface area contributed by atoms with Crippen LogP contribution in [0.25, 0.3) is 0 Å². The molecule has 2 N–H and O–H groups in total. The van der Waals surface area contributed by atoms with Crippen molar-refractivity contribution in [1.29, 1.82) is 0 Å². The van der Waals surface area contributed by atoms with Crippen LogP contribution in [0.1, 0.15) is 29.7 Å². The van der Waals surface area contributed by atoms with Gasteiger partial charge in [-0.3, -0.25) is 14.5 Å². The summed E-state index contributed by atoms with van der Waals surface area (Å²) in [6, 6.07) is 26.3. The molecule has 0 radical (unpaired) electrons. The number of amides is 2. The summed E-state index contributed by atoms with van der Waals surface area (Å²) < 4.78 is 0. The summed E-state index contributed by atoms with van der Waals surface area (Å²) in [5, 5.41) is 12.4. The van der Waals surface area contributed by atoms with Gasteiger partial charge in [-0.15, -0.1) is 0 Å². The second-order valence-corrected chi connectivity index (χ2v) is 8.81. The van der Waals surface area contributed by atoms with Crippen molar-refractivity contribution in [3.63, 3.8) is 0 Å². The summed E-state index contributed by atoms with van der Waals surface area (Å²) >= 11 is 0. The van der Waals surface area contributed by atoms with Gasteiger partial charge < -0.3 is 15.3 Å². The molecule has 1 aliphatic heterocycles. The number of aromatic hydroxyl groups is 1. The molecule has 2 amide bonds. The Morgan fingerprint density at radius 3 is 2.32 bits per heavy atom. The lowest BCUT2D eigenvalue weighted by Gasteiger charge is -2.37. The second-order valence-electron chi connectivity index (χ2n) is 8.81. The molecule has 0 saturated carbocycles. The second kappa shape index (κ2) is 11.0. The monoisotopic (exact) mass is 457 g/mol. The van der Waals surface area contributed by atoms with Crippen molar-refractivity contribution in [2.24, 2.45) is 0 Å². The zero-order chi connectivity index (χ0) is 23.9. The van der Waals surface area contributed by atoms with Gasteiger partial charge in [0.1, 0.15) is 11.8 Å². The third-order valence-electron chi connectivity index (χ3n) is 6.32. The first-order valence-corrected chi connectivity index (χ1v) is 11.7. The van der Waals surface area contributed by atoms with E-state index < -0.39 is 6.04 Å². The lowest BCUT2D eigenvalue weighted by Crippen LogP contribution is -2.60. The molecule has 6 nitrogen and oxygen atoms in total. The van der Waals surface area contributed by atoms with Gasteiger partial charge in [0.05, 0.1) is 12.6 Å². The van der Waals surface area contributed by atoms with Crippen LogP contribution in [0, 0.1) is 0 Å². The molecule has 0 unspecified atom stereocenters. The molecule has 6 heteroatoms. The van der Waals surface area contributed by atoms with Crippen molar-refractivity contribution in [1.82, 2.24) is 15.1 Å². The first-order valence-electron chi connectivity index (χ1n) is 11.7. The molecule has 1 fully saturated rings. The number of rotatable bonds is 8. The van der Waals surface area contributed by atoms with Gasteiger partial charge >= 0.3 is 0 Å². The molecule has 0 aliphatic carbocycles. The zero-order valence-electron chi connectivity index (χ0n) is 19.4. The largest absolute Gasteiger partial charge is 0.508 e. The zero-order valence-corrected chi connectivity index (χ0v) is 19.4. The van der Waals surface area contributed by atoms with Crippen molar-refractivity contribution in [2.75, 3.05) is 19.6 Å². The third-order valence-corrected chi connectivity index (χ3v) is 6.32. The SMILES string of the molecule is C[C@H](c1ccccc1)N(Cc1ccccc1)C(=O)[C@H]1CN(CCc2ccc(O)cc2)CC(=O)N1. The van der Waals surface area contributed by atoms with Gasteiger partial charge in [0.25, 0.3) is 0 Å². The number of carbonyl (C=O) groups excluding carboxylic acids is 2. The predicted molar refractivity (Wildman–Crippen MR) is 132 cm³/mol. The number of nitrogens with one attached hydrogen (secondary N) is 1. The third kappa shape index (κ3) is 6.02. The van der Waals surface area contributed by atoms with E-state index in [1.165, 1.54) is 0 Å². The number of carbonyl (C=O) groups is 2. The van der Waals surface area contributed by atoms with Crippen LogP contribution in [0.15, 0.2) is 84.9 Å². The smallest absolute Gasteiger partial charge is 0.247 e. The Hall–Kier alpha value is -3.64. The summed E-state index contributed by atoms with van der Waals surface area (Å²) in [5.41, 5.74) is 3.18. The van der Waals surface area contributed by atoms with Crippen LogP contribution < -0.4 is 5.32 Å². The van der Waals surface area contributed by atoms with E-state index in [1.54, 1.807) is 12.1 Å². The summed E-state index contributed by atoms with van der Waals surface area (Å²) in [4.78, 5) is 30.2. The van der Waals surface area contributed by atoms with Crippen molar-refractivity contribution < 1.29 is 14.7 Å². The van der Waals surface area contributed by atoms with Gasteiger partial charge in [0.2, 0.25) is 11.8 Å². The first-order chi connectivity index (χ1) is 16.5. The number of nitrogens with zero attached hydrogens (tertiary/aromatic N) is 2. The minimum absolute atomic E-state index is 0.0807. The Morgan fingerprint density at radius 2 is 1.65 bits per heavy atom. The van der Waals surface area contributed by atoms with Gasteiger partial charge in [0, 0.05) is 19.6 Å². The van der Waals surface area contributed by atoms with Gasteiger partial charge in [0.15, 0.2) is 0 Å². The number of phenols is 1. The highest BCUT2D eigenvalue weighted by atomic mass is 16.3. The van der Waals surface area contributed by atoms with Crippen LogP contribution in [-0.4, -0.2) is 52.4 Å². The molecule has 34 heavy (non-hydrogen) atoms. The minimum Gasteiger partial charge on any atom is -0.508 e. The molecule has 1 heterocycles. The molecule has 0 bridgehead atoms. The fourth-order valence-corrected chi connectivity index (χ4v) is 4.37. The Kier molecular flexibility index (Phi) is 7.60. The maximum atomic E-state index is 13.8. The van der Waals surface area contributed by atoms with Gasteiger partial charge in [-0.25, -0.2) is 0 Å². The van der Waals surface area contributed by atoms with Gasteiger partial charge in [-0.2, -0.15) is 0 Å². The minimum atomic E-state index is -0.601. The standard InChI is InChI=1S/C28H31N3O3/c1-21(24-10-6-3-7-11-24)31(18-23-8-4-2-5-9-23)28(34)26-19-30(20-27(33)29-26)17-16-22-12-14-25(32)15-13-22/h2-15,21,26,32H,16-20H2,1H3,(H,29,33)/t21-,26-/m1/s1. The predicted octanol–water partition coefficient (Wildman–Crippen LogP) is 3.53. The molecule has 4 rings (SSSR count). The number of hydrogen-bond donors (Lipinski definition) is 2. The van der Waals surface area contributed by atoms with E-state index in [4.69, 9.17) is 0 Å². The molecular weight excluding hydrogens is 426 g/mol. The van der Waals surface area contributed by atoms with E-state index in [0.717, 1.165) is 23.1 Å². The molecule has 176 valence electrons. The van der Waals surface area contributed by atoms with Crippen LogP contribution in [0.3, 0.4) is 0 Å². The van der Waals surface area contributed by atoms with Crippen LogP contribution in [0.2, 0.25) is 0 Å². The molecular formula is C28H31N3O3. The molecule has 1 saturated heterocycles. The Balaban J connectivity index is 1.49. The average Bonchev–Trinajstić information content (AvgIpc) is 2.87. The Labute approximate surface area is 200 Å². The maximum absolute atomic E-state index is 13.8. The molecule has 3 aromatic carbocycles. The fourth-order valence-electron chi connectivity index (χ4n) is 4.37. The highest BCUT2D eigenvalue weighted by molar-refractivity contribution is 5.90. The van der Waals surface area contributed by atoms with Crippen molar-refractivity contribution in [3.05, 3.63) is 102 Å². The van der Waals surface area contributed by atoms with Crippen molar-refractivity contribution in [2.45, 2.75) is 32.0 Å². The van der Waals surface area contributed by atoms with Crippen molar-refractivity contribution in [3.8, 4) is 5.75 Å². The van der Waals surface area contributed by atoms with E-state index in [0.29, 0.717) is 19.6 Å². The van der Waals surface area contributed by atoms with Crippen LogP contribution in [0.5, 0.6) is 5.75 Å². The molecule has 3 aromatic rings.